The SMILES string of the molecule is CCOC(=O)C1=C(C)N=c2s/c(=C\c3cccc(OC(C)=O)c3)c(=O)n2[C@H]1c1ccccc1Cl. The summed E-state index contributed by atoms with van der Waals surface area (Å²) in [4.78, 5) is 42.8. The lowest BCUT2D eigenvalue weighted by Gasteiger charge is -2.25. The molecule has 1 aliphatic heterocycles. The second-order valence-electron chi connectivity index (χ2n) is 7.49. The number of halogens is 1. The summed E-state index contributed by atoms with van der Waals surface area (Å²) in [6.45, 7) is 4.95. The van der Waals surface area contributed by atoms with E-state index in [1.165, 1.54) is 22.8 Å². The summed E-state index contributed by atoms with van der Waals surface area (Å²) in [7, 11) is 0. The third kappa shape index (κ3) is 4.60. The van der Waals surface area contributed by atoms with Crippen molar-refractivity contribution in [3.8, 4) is 5.75 Å². The number of thiazole rings is 1. The number of ether oxygens (including phenoxy) is 2. The maximum Gasteiger partial charge on any atom is 0.338 e. The van der Waals surface area contributed by atoms with Gasteiger partial charge in [-0.2, -0.15) is 0 Å². The molecular formula is C25H21ClN2O5S. The van der Waals surface area contributed by atoms with Gasteiger partial charge in [0.25, 0.3) is 5.56 Å². The minimum Gasteiger partial charge on any atom is -0.463 e. The van der Waals surface area contributed by atoms with E-state index in [0.717, 1.165) is 0 Å². The van der Waals surface area contributed by atoms with E-state index < -0.39 is 18.0 Å². The van der Waals surface area contributed by atoms with E-state index in [1.807, 2.05) is 0 Å². The maximum absolute atomic E-state index is 13.6. The first-order chi connectivity index (χ1) is 16.3. The first kappa shape index (κ1) is 23.7. The van der Waals surface area contributed by atoms with Crippen molar-refractivity contribution in [3.05, 3.63) is 95.6 Å². The number of allylic oxidation sites excluding steroid dienone is 1. The normalized spacial score (nSPS) is 15.5. The summed E-state index contributed by atoms with van der Waals surface area (Å²) in [5, 5.41) is 0.424. The highest BCUT2D eigenvalue weighted by Crippen LogP contribution is 2.34. The van der Waals surface area contributed by atoms with E-state index in [-0.39, 0.29) is 17.7 Å². The topological polar surface area (TPSA) is 87.0 Å². The predicted octanol–water partition coefficient (Wildman–Crippen LogP) is 3.38. The molecule has 0 aliphatic carbocycles. The molecule has 0 radical (unpaired) electrons. The van der Waals surface area contributed by atoms with Crippen molar-refractivity contribution >= 4 is 41.0 Å². The number of rotatable bonds is 5. The molecule has 2 heterocycles. The number of esters is 2. The average Bonchev–Trinajstić information content (AvgIpc) is 3.07. The number of carbonyl (C=O) groups excluding carboxylic acids is 2. The Morgan fingerprint density at radius 1 is 1.21 bits per heavy atom. The van der Waals surface area contributed by atoms with Gasteiger partial charge in [0.15, 0.2) is 4.80 Å². The molecule has 7 nitrogen and oxygen atoms in total. The summed E-state index contributed by atoms with van der Waals surface area (Å²) >= 11 is 7.70. The lowest BCUT2D eigenvalue weighted by atomic mass is 9.96. The highest BCUT2D eigenvalue weighted by molar-refractivity contribution is 7.07. The van der Waals surface area contributed by atoms with Crippen LogP contribution in [0, 0.1) is 0 Å². The van der Waals surface area contributed by atoms with E-state index >= 15 is 0 Å². The van der Waals surface area contributed by atoms with Crippen molar-refractivity contribution in [2.45, 2.75) is 26.8 Å². The number of nitrogens with zero attached hydrogens (tertiary/aromatic N) is 2. The Labute approximate surface area is 204 Å². The number of aromatic nitrogens is 1. The van der Waals surface area contributed by atoms with Crippen molar-refractivity contribution in [2.75, 3.05) is 6.61 Å². The molecule has 0 saturated heterocycles. The van der Waals surface area contributed by atoms with Crippen LogP contribution in [0.4, 0.5) is 0 Å². The van der Waals surface area contributed by atoms with Crippen LogP contribution in [0.2, 0.25) is 5.02 Å². The molecule has 4 rings (SSSR count). The Hall–Kier alpha value is -3.49. The molecule has 1 atom stereocenters. The van der Waals surface area contributed by atoms with Crippen LogP contribution in [0.3, 0.4) is 0 Å². The van der Waals surface area contributed by atoms with Crippen LogP contribution < -0.4 is 19.6 Å². The minimum atomic E-state index is -0.779. The fourth-order valence-corrected chi connectivity index (χ4v) is 5.05. The van der Waals surface area contributed by atoms with Crippen molar-refractivity contribution in [1.29, 1.82) is 0 Å². The smallest absolute Gasteiger partial charge is 0.338 e. The number of fused-ring (bicyclic) bond motifs is 1. The van der Waals surface area contributed by atoms with Crippen LogP contribution >= 0.6 is 22.9 Å². The molecule has 0 spiro atoms. The third-order valence-corrected chi connectivity index (χ3v) is 6.46. The second kappa shape index (κ2) is 9.79. The Bertz CT molecular complexity index is 1500. The fraction of sp³-hybridized carbons (Fsp3) is 0.200. The molecule has 0 fully saturated rings. The van der Waals surface area contributed by atoms with E-state index in [0.29, 0.717) is 36.9 Å². The molecule has 0 unspecified atom stereocenters. The molecule has 0 bridgehead atoms. The molecule has 0 amide bonds. The summed E-state index contributed by atoms with van der Waals surface area (Å²) in [6, 6.07) is 13.2. The van der Waals surface area contributed by atoms with E-state index in [1.54, 1.807) is 68.5 Å². The third-order valence-electron chi connectivity index (χ3n) is 5.13. The van der Waals surface area contributed by atoms with Crippen LogP contribution in [-0.4, -0.2) is 23.1 Å². The Balaban J connectivity index is 1.92. The van der Waals surface area contributed by atoms with Crippen LogP contribution in [0.15, 0.2) is 69.6 Å². The zero-order chi connectivity index (χ0) is 24.4. The van der Waals surface area contributed by atoms with E-state index in [4.69, 9.17) is 21.1 Å². The molecule has 0 N–H and O–H groups in total. The predicted molar refractivity (Wildman–Crippen MR) is 130 cm³/mol. The van der Waals surface area contributed by atoms with Gasteiger partial charge in [-0.1, -0.05) is 53.3 Å². The van der Waals surface area contributed by atoms with Gasteiger partial charge in [0.1, 0.15) is 11.8 Å². The van der Waals surface area contributed by atoms with Crippen molar-refractivity contribution in [3.63, 3.8) is 0 Å². The Morgan fingerprint density at radius 3 is 2.68 bits per heavy atom. The Kier molecular flexibility index (Phi) is 6.81. The molecule has 1 aliphatic rings. The molecule has 3 aromatic rings. The molecule has 174 valence electrons. The van der Waals surface area contributed by atoms with Gasteiger partial charge >= 0.3 is 11.9 Å². The number of benzene rings is 2. The molecule has 0 saturated carbocycles. The van der Waals surface area contributed by atoms with Crippen molar-refractivity contribution < 1.29 is 19.1 Å². The molecule has 34 heavy (non-hydrogen) atoms. The first-order valence-corrected chi connectivity index (χ1v) is 11.7. The zero-order valence-corrected chi connectivity index (χ0v) is 20.3. The molecule has 1 aromatic heterocycles. The van der Waals surface area contributed by atoms with Gasteiger partial charge in [-0.3, -0.25) is 14.2 Å². The summed E-state index contributed by atoms with van der Waals surface area (Å²) in [6.07, 6.45) is 1.70. The van der Waals surface area contributed by atoms with Gasteiger partial charge in [0, 0.05) is 11.9 Å². The highest BCUT2D eigenvalue weighted by Gasteiger charge is 2.34. The zero-order valence-electron chi connectivity index (χ0n) is 18.7. The van der Waals surface area contributed by atoms with Crippen molar-refractivity contribution in [1.82, 2.24) is 4.57 Å². The van der Waals surface area contributed by atoms with Gasteiger partial charge in [-0.25, -0.2) is 9.79 Å². The monoisotopic (exact) mass is 496 g/mol. The number of hydrogen-bond acceptors (Lipinski definition) is 7. The first-order valence-electron chi connectivity index (χ1n) is 10.5. The Morgan fingerprint density at radius 2 is 1.97 bits per heavy atom. The number of carbonyl (C=O) groups is 2. The molecular weight excluding hydrogens is 476 g/mol. The van der Waals surface area contributed by atoms with Crippen LogP contribution in [-0.2, 0) is 14.3 Å². The standard InChI is InChI=1S/C25H21ClN2O5S/c1-4-32-24(31)21-14(2)27-25-28(22(21)18-10-5-6-11-19(18)26)23(30)20(34-25)13-16-8-7-9-17(12-16)33-15(3)29/h5-13,22H,4H2,1-3H3/b20-13-/t22-/m0/s1. The van der Waals surface area contributed by atoms with Gasteiger partial charge in [-0.15, -0.1) is 0 Å². The van der Waals surface area contributed by atoms with Crippen LogP contribution in [0.1, 0.15) is 37.9 Å². The lowest BCUT2D eigenvalue weighted by Crippen LogP contribution is -2.40. The lowest BCUT2D eigenvalue weighted by molar-refractivity contribution is -0.139. The second-order valence-corrected chi connectivity index (χ2v) is 8.91. The van der Waals surface area contributed by atoms with Crippen LogP contribution in [0.5, 0.6) is 5.75 Å². The quantitative estimate of drug-likeness (QED) is 0.399. The fourth-order valence-electron chi connectivity index (χ4n) is 3.77. The van der Waals surface area contributed by atoms with Gasteiger partial charge in [0.2, 0.25) is 0 Å². The van der Waals surface area contributed by atoms with Gasteiger partial charge < -0.3 is 9.47 Å². The van der Waals surface area contributed by atoms with E-state index in [2.05, 4.69) is 4.99 Å². The highest BCUT2D eigenvalue weighted by atomic mass is 35.5. The van der Waals surface area contributed by atoms with Crippen LogP contribution in [0.25, 0.3) is 6.08 Å². The largest absolute Gasteiger partial charge is 0.463 e. The maximum atomic E-state index is 13.6. The molecule has 2 aromatic carbocycles. The summed E-state index contributed by atoms with van der Waals surface area (Å²) in [5.74, 6) is -0.598. The molecule has 9 heteroatoms. The average molecular weight is 497 g/mol. The van der Waals surface area contributed by atoms with Gasteiger partial charge in [0.05, 0.1) is 22.4 Å². The minimum absolute atomic E-state index is 0.188. The van der Waals surface area contributed by atoms with Gasteiger partial charge in [-0.05, 0) is 49.2 Å². The van der Waals surface area contributed by atoms with Crippen molar-refractivity contribution in [2.24, 2.45) is 4.99 Å². The number of hydrogen-bond donors (Lipinski definition) is 0. The summed E-state index contributed by atoms with van der Waals surface area (Å²) in [5.41, 5.74) is 1.70. The summed E-state index contributed by atoms with van der Waals surface area (Å²) < 4.78 is 12.3. The van der Waals surface area contributed by atoms with E-state index in [9.17, 15) is 14.4 Å².